The van der Waals surface area contributed by atoms with E-state index in [4.69, 9.17) is 0 Å². The molecule has 1 aromatic rings. The Morgan fingerprint density at radius 2 is 1.95 bits per heavy atom. The van der Waals surface area contributed by atoms with E-state index >= 15 is 0 Å². The molecule has 2 N–H and O–H groups in total. The third-order valence-corrected chi connectivity index (χ3v) is 2.89. The van der Waals surface area contributed by atoms with Gasteiger partial charge in [0.15, 0.2) is 0 Å². The van der Waals surface area contributed by atoms with Crippen molar-refractivity contribution < 1.29 is 9.59 Å². The van der Waals surface area contributed by atoms with Gasteiger partial charge in [0.1, 0.15) is 0 Å². The molecule has 0 atom stereocenters. The molecule has 0 aliphatic heterocycles. The number of carbonyl (C=O) groups excluding carboxylic acids is 2. The number of amides is 3. The van der Waals surface area contributed by atoms with Crippen LogP contribution in [0.3, 0.4) is 0 Å². The predicted molar refractivity (Wildman–Crippen MR) is 76.4 cm³/mol. The second-order valence-electron chi connectivity index (χ2n) is 4.43. The lowest BCUT2D eigenvalue weighted by atomic mass is 10.1. The molecule has 1 rings (SSSR count). The van der Waals surface area contributed by atoms with Crippen molar-refractivity contribution in [2.24, 2.45) is 0 Å². The van der Waals surface area contributed by atoms with Crippen LogP contribution in [0.5, 0.6) is 0 Å². The molecule has 0 radical (unpaired) electrons. The summed E-state index contributed by atoms with van der Waals surface area (Å²) in [6, 6.07) is 5.61. The highest BCUT2D eigenvalue weighted by Gasteiger charge is 2.13. The largest absolute Gasteiger partial charge is 0.362 e. The minimum Gasteiger partial charge on any atom is -0.362 e. The summed E-state index contributed by atoms with van der Waals surface area (Å²) in [6.07, 6.45) is 0. The molecule has 5 heteroatoms. The fraction of sp³-hybridized carbons (Fsp3) is 0.429. The number of rotatable bonds is 4. The SMILES string of the molecule is CCN(CC(=O)NC(=O)NC)c1ccc(C)cc1C. The Bertz CT molecular complexity index is 472. The van der Waals surface area contributed by atoms with Crippen molar-refractivity contribution >= 4 is 17.6 Å². The van der Waals surface area contributed by atoms with Gasteiger partial charge in [0.05, 0.1) is 6.54 Å². The first kappa shape index (κ1) is 15.0. The van der Waals surface area contributed by atoms with Crippen molar-refractivity contribution in [1.82, 2.24) is 10.6 Å². The number of hydrogen-bond donors (Lipinski definition) is 2. The third-order valence-electron chi connectivity index (χ3n) is 2.89. The maximum absolute atomic E-state index is 11.7. The number of likely N-dealkylation sites (N-methyl/N-ethyl adjacent to an activating group) is 1. The van der Waals surface area contributed by atoms with Gasteiger partial charge in [-0.3, -0.25) is 10.1 Å². The number of anilines is 1. The van der Waals surface area contributed by atoms with E-state index in [1.807, 2.05) is 37.8 Å². The molecule has 0 fully saturated rings. The maximum atomic E-state index is 11.7. The van der Waals surface area contributed by atoms with Crippen LogP contribution in [0.4, 0.5) is 10.5 Å². The highest BCUT2D eigenvalue weighted by molar-refractivity contribution is 5.96. The lowest BCUT2D eigenvalue weighted by Gasteiger charge is -2.24. The van der Waals surface area contributed by atoms with Gasteiger partial charge in [-0.05, 0) is 32.4 Å². The van der Waals surface area contributed by atoms with E-state index in [1.54, 1.807) is 0 Å². The number of carbonyl (C=O) groups is 2. The van der Waals surface area contributed by atoms with Gasteiger partial charge in [0, 0.05) is 19.3 Å². The van der Waals surface area contributed by atoms with Gasteiger partial charge in [0.2, 0.25) is 5.91 Å². The van der Waals surface area contributed by atoms with Crippen LogP contribution in [0.15, 0.2) is 18.2 Å². The molecule has 19 heavy (non-hydrogen) atoms. The average Bonchev–Trinajstić information content (AvgIpc) is 2.36. The van der Waals surface area contributed by atoms with Gasteiger partial charge < -0.3 is 10.2 Å². The Morgan fingerprint density at radius 3 is 2.47 bits per heavy atom. The number of urea groups is 1. The van der Waals surface area contributed by atoms with Crippen molar-refractivity contribution in [2.45, 2.75) is 20.8 Å². The van der Waals surface area contributed by atoms with Crippen molar-refractivity contribution in [1.29, 1.82) is 0 Å². The van der Waals surface area contributed by atoms with Crippen molar-refractivity contribution in [3.8, 4) is 0 Å². The fourth-order valence-corrected chi connectivity index (χ4v) is 1.93. The summed E-state index contributed by atoms with van der Waals surface area (Å²) in [5.74, 6) is -0.318. The molecule has 3 amide bonds. The molecule has 0 aromatic heterocycles. The van der Waals surface area contributed by atoms with E-state index in [1.165, 1.54) is 12.6 Å². The molecular formula is C14H21N3O2. The first-order chi connectivity index (χ1) is 8.97. The van der Waals surface area contributed by atoms with Crippen LogP contribution in [0.25, 0.3) is 0 Å². The van der Waals surface area contributed by atoms with Crippen molar-refractivity contribution in [3.63, 3.8) is 0 Å². The summed E-state index contributed by atoms with van der Waals surface area (Å²) in [4.78, 5) is 24.7. The second-order valence-corrected chi connectivity index (χ2v) is 4.43. The number of aryl methyl sites for hydroxylation is 2. The van der Waals surface area contributed by atoms with Gasteiger partial charge >= 0.3 is 6.03 Å². The zero-order valence-corrected chi connectivity index (χ0v) is 11.9. The van der Waals surface area contributed by atoms with Gasteiger partial charge in [-0.25, -0.2) is 4.79 Å². The molecule has 0 unspecified atom stereocenters. The Kier molecular flexibility index (Phi) is 5.36. The topological polar surface area (TPSA) is 61.4 Å². The van der Waals surface area contributed by atoms with E-state index in [0.717, 1.165) is 11.3 Å². The molecule has 1 aromatic carbocycles. The number of benzene rings is 1. The first-order valence-corrected chi connectivity index (χ1v) is 6.31. The summed E-state index contributed by atoms with van der Waals surface area (Å²) in [5.41, 5.74) is 3.32. The third kappa shape index (κ3) is 4.28. The van der Waals surface area contributed by atoms with Gasteiger partial charge in [0.25, 0.3) is 0 Å². The average molecular weight is 263 g/mol. The molecule has 0 saturated heterocycles. The normalized spacial score (nSPS) is 9.89. The minimum absolute atomic E-state index is 0.161. The Morgan fingerprint density at radius 1 is 1.26 bits per heavy atom. The van der Waals surface area contributed by atoms with Crippen LogP contribution in [0, 0.1) is 13.8 Å². The summed E-state index contributed by atoms with van der Waals surface area (Å²) in [6.45, 7) is 6.89. The van der Waals surface area contributed by atoms with Gasteiger partial charge in [-0.2, -0.15) is 0 Å². The minimum atomic E-state index is -0.485. The molecule has 0 aliphatic rings. The number of hydrogen-bond acceptors (Lipinski definition) is 3. The van der Waals surface area contributed by atoms with Crippen LogP contribution in [-0.2, 0) is 4.79 Å². The summed E-state index contributed by atoms with van der Waals surface area (Å²) >= 11 is 0. The zero-order valence-electron chi connectivity index (χ0n) is 11.9. The van der Waals surface area contributed by atoms with Gasteiger partial charge in [-0.1, -0.05) is 17.7 Å². The van der Waals surface area contributed by atoms with Crippen LogP contribution >= 0.6 is 0 Å². The first-order valence-electron chi connectivity index (χ1n) is 6.31. The van der Waals surface area contributed by atoms with Crippen molar-refractivity contribution in [3.05, 3.63) is 29.3 Å². The van der Waals surface area contributed by atoms with Crippen molar-refractivity contribution in [2.75, 3.05) is 25.0 Å². The highest BCUT2D eigenvalue weighted by atomic mass is 16.2. The molecule has 5 nitrogen and oxygen atoms in total. The molecular weight excluding hydrogens is 242 g/mol. The number of imide groups is 1. The lowest BCUT2D eigenvalue weighted by Crippen LogP contribution is -2.43. The summed E-state index contributed by atoms with van der Waals surface area (Å²) in [5, 5.41) is 4.62. The van der Waals surface area contributed by atoms with E-state index in [0.29, 0.717) is 6.54 Å². The number of nitrogens with zero attached hydrogens (tertiary/aromatic N) is 1. The predicted octanol–water partition coefficient (Wildman–Crippen LogP) is 1.59. The van der Waals surface area contributed by atoms with E-state index in [2.05, 4.69) is 16.7 Å². The zero-order chi connectivity index (χ0) is 14.4. The van der Waals surface area contributed by atoms with Crippen LogP contribution in [-0.4, -0.2) is 32.1 Å². The molecule has 0 spiro atoms. The highest BCUT2D eigenvalue weighted by Crippen LogP contribution is 2.20. The molecule has 0 saturated carbocycles. The lowest BCUT2D eigenvalue weighted by molar-refractivity contribution is -0.118. The quantitative estimate of drug-likeness (QED) is 0.867. The number of nitrogens with one attached hydrogen (secondary N) is 2. The Balaban J connectivity index is 2.78. The summed E-state index contributed by atoms with van der Waals surface area (Å²) < 4.78 is 0. The standard InChI is InChI=1S/C14H21N3O2/c1-5-17(9-13(18)16-14(19)15-4)12-7-6-10(2)8-11(12)3/h6-8H,5,9H2,1-4H3,(H2,15,16,18,19). The van der Waals surface area contributed by atoms with Gasteiger partial charge in [-0.15, -0.1) is 0 Å². The smallest absolute Gasteiger partial charge is 0.321 e. The van der Waals surface area contributed by atoms with E-state index in [-0.39, 0.29) is 12.5 Å². The second kappa shape index (κ2) is 6.78. The Hall–Kier alpha value is -2.04. The van der Waals surface area contributed by atoms with Crippen LogP contribution in [0.1, 0.15) is 18.1 Å². The molecule has 0 aliphatic carbocycles. The van der Waals surface area contributed by atoms with Crippen LogP contribution < -0.4 is 15.5 Å². The molecule has 0 bridgehead atoms. The maximum Gasteiger partial charge on any atom is 0.321 e. The van der Waals surface area contributed by atoms with Crippen LogP contribution in [0.2, 0.25) is 0 Å². The Labute approximate surface area is 114 Å². The molecule has 0 heterocycles. The summed E-state index contributed by atoms with van der Waals surface area (Å²) in [7, 11) is 1.48. The fourth-order valence-electron chi connectivity index (χ4n) is 1.93. The van der Waals surface area contributed by atoms with E-state index < -0.39 is 6.03 Å². The van der Waals surface area contributed by atoms with E-state index in [9.17, 15) is 9.59 Å². The monoisotopic (exact) mass is 263 g/mol. The molecule has 104 valence electrons.